The van der Waals surface area contributed by atoms with Crippen LogP contribution < -0.4 is 0 Å². The third-order valence-electron chi connectivity index (χ3n) is 1.43. The van der Waals surface area contributed by atoms with Gasteiger partial charge in [0, 0.05) is 6.42 Å². The normalized spacial score (nSPS) is 8.07. The Hall–Kier alpha value is -0.622. The molecule has 14 heavy (non-hydrogen) atoms. The van der Waals surface area contributed by atoms with E-state index in [0.29, 0.717) is 13.0 Å². The molecule has 3 heteroatoms. The first kappa shape index (κ1) is 15.8. The molecule has 2 nitrogen and oxygen atoms in total. The van der Waals surface area contributed by atoms with Gasteiger partial charge in [0.1, 0.15) is 0 Å². The first-order valence-corrected chi connectivity index (χ1v) is 3.93. The summed E-state index contributed by atoms with van der Waals surface area (Å²) in [6.07, 6.45) is 0.338. The summed E-state index contributed by atoms with van der Waals surface area (Å²) < 4.78 is 4.79. The number of rotatable bonds is 3. The van der Waals surface area contributed by atoms with Crippen LogP contribution in [0.5, 0.6) is 0 Å². The number of hydrogen-bond donors (Lipinski definition) is 0. The van der Waals surface area contributed by atoms with E-state index in [-0.39, 0.29) is 34.5 Å². The van der Waals surface area contributed by atoms with Gasteiger partial charge < -0.3 is 12.2 Å². The van der Waals surface area contributed by atoms with Gasteiger partial charge in [0.2, 0.25) is 0 Å². The number of hydrogen-bond acceptors (Lipinski definition) is 2. The monoisotopic (exact) mass is 362 g/mol. The number of esters is 1. The fraction of sp³-hybridized carbons (Fsp3) is 0.273. The van der Waals surface area contributed by atoms with Crippen molar-refractivity contribution in [3.63, 3.8) is 0 Å². The van der Waals surface area contributed by atoms with Crippen molar-refractivity contribution in [2.75, 3.05) is 6.61 Å². The van der Waals surface area contributed by atoms with Gasteiger partial charge in [-0.25, -0.2) is 0 Å². The molecule has 0 aliphatic rings. The van der Waals surface area contributed by atoms with Gasteiger partial charge in [-0.05, 0) is 6.92 Å². The van der Waals surface area contributed by atoms with Crippen molar-refractivity contribution in [1.29, 1.82) is 0 Å². The van der Waals surface area contributed by atoms with E-state index in [1.165, 1.54) is 0 Å². The van der Waals surface area contributed by atoms with Crippen molar-refractivity contribution in [1.82, 2.24) is 0 Å². The second kappa shape index (κ2) is 8.95. The van der Waals surface area contributed by atoms with Gasteiger partial charge in [0.05, 0.1) is 6.61 Å². The summed E-state index contributed by atoms with van der Waals surface area (Å²) in [4.78, 5) is 11.0. The van der Waals surface area contributed by atoms with Crippen molar-refractivity contribution in [3.05, 3.63) is 43.3 Å². The summed E-state index contributed by atoms with van der Waals surface area (Å²) in [5.74, 6) is -0.183. The molecule has 0 saturated carbocycles. The van der Waals surface area contributed by atoms with Crippen LogP contribution in [0.3, 0.4) is 0 Å². The van der Waals surface area contributed by atoms with Crippen molar-refractivity contribution >= 4 is 5.97 Å². The average Bonchev–Trinajstić information content (AvgIpc) is 2.06. The minimum atomic E-state index is -0.183. The van der Waals surface area contributed by atoms with E-state index < -0.39 is 0 Å². The first-order chi connectivity index (χ1) is 5.83. The van der Waals surface area contributed by atoms with Gasteiger partial charge in [0.25, 0.3) is 5.97 Å². The van der Waals surface area contributed by atoms with E-state index in [1.807, 2.05) is 12.1 Å². The molecule has 1 aromatic carbocycles. The molecule has 0 N–H and O–H groups in total. The molecule has 0 bridgehead atoms. The molecule has 0 spiro atoms. The summed E-state index contributed by atoms with van der Waals surface area (Å²) >= 11 is 0. The number of carbonyl (C=O) groups excluding carboxylic acids is 1. The Kier molecular flexibility index (Phi) is 10.1. The van der Waals surface area contributed by atoms with Crippen molar-refractivity contribution < 1.29 is 30.6 Å². The zero-order chi connectivity index (χ0) is 8.81. The van der Waals surface area contributed by atoms with Crippen LogP contribution >= 0.6 is 0 Å². The van der Waals surface area contributed by atoms with Crippen LogP contribution in [0.25, 0.3) is 0 Å². The summed E-state index contributed by atoms with van der Waals surface area (Å²) in [7, 11) is 0. The van der Waals surface area contributed by atoms with Crippen LogP contribution in [0.4, 0.5) is 0 Å². The summed E-state index contributed by atoms with van der Waals surface area (Å²) in [6, 6.07) is 10.2. The molecule has 0 heterocycles. The maximum atomic E-state index is 11.0. The Bertz CT molecular complexity index is 247. The van der Waals surface area contributed by atoms with Gasteiger partial charge in [-0.15, -0.1) is 5.56 Å². The third kappa shape index (κ3) is 5.93. The predicted octanol–water partition coefficient (Wildman–Crippen LogP) is 2.04. The van der Waals surface area contributed by atoms with Crippen LogP contribution in [-0.4, -0.2) is 12.6 Å². The molecule has 0 aliphatic carbocycles. The number of ether oxygens (including phenoxy) is 1. The molecule has 0 atom stereocenters. The van der Waals surface area contributed by atoms with Crippen molar-refractivity contribution in [2.24, 2.45) is 0 Å². The molecule has 1 rings (SSSR count). The molecule has 0 fully saturated rings. The molecule has 0 aliphatic heterocycles. The molecule has 0 amide bonds. The number of carbonyl (C=O) groups is 1. The van der Waals surface area contributed by atoms with E-state index in [0.717, 1.165) is 5.56 Å². The topological polar surface area (TPSA) is 26.3 Å². The quantitative estimate of drug-likeness (QED) is 0.608. The molecule has 1 aromatic rings. The Morgan fingerprint density at radius 1 is 1.57 bits per heavy atom. The SMILES string of the molecule is CCOC(=O)Cc1c[c-]ccc1.[CH3-].[W+2]. The van der Waals surface area contributed by atoms with E-state index in [4.69, 9.17) is 4.74 Å². The van der Waals surface area contributed by atoms with Gasteiger partial charge in [0.15, 0.2) is 0 Å². The van der Waals surface area contributed by atoms with Gasteiger partial charge >= 0.3 is 21.1 Å². The molecule has 76 valence electrons. The molecule has 0 radical (unpaired) electrons. The molecule has 0 aromatic heterocycles. The van der Waals surface area contributed by atoms with E-state index >= 15 is 0 Å². The zero-order valence-corrected chi connectivity index (χ0v) is 11.4. The Labute approximate surface area is 99.9 Å². The van der Waals surface area contributed by atoms with Crippen LogP contribution in [-0.2, 0) is 37.0 Å². The minimum absolute atomic E-state index is 0. The minimum Gasteiger partial charge on any atom is -0.466 e. The zero-order valence-electron chi connectivity index (χ0n) is 8.45. The van der Waals surface area contributed by atoms with Crippen molar-refractivity contribution in [2.45, 2.75) is 13.3 Å². The van der Waals surface area contributed by atoms with Crippen LogP contribution in [0.1, 0.15) is 12.5 Å². The van der Waals surface area contributed by atoms with Crippen LogP contribution in [0, 0.1) is 13.5 Å². The van der Waals surface area contributed by atoms with Crippen molar-refractivity contribution in [3.8, 4) is 0 Å². The molecule has 0 unspecified atom stereocenters. The smallest absolute Gasteiger partial charge is 0.466 e. The second-order valence-electron chi connectivity index (χ2n) is 2.39. The first-order valence-electron chi connectivity index (χ1n) is 3.93. The Morgan fingerprint density at radius 2 is 2.29 bits per heavy atom. The van der Waals surface area contributed by atoms with E-state index in [2.05, 4.69) is 6.07 Å². The second-order valence-corrected chi connectivity index (χ2v) is 2.39. The molecular formula is C11H14O2W. The molecular weight excluding hydrogens is 348 g/mol. The van der Waals surface area contributed by atoms with Gasteiger partial charge in [-0.3, -0.25) is 4.79 Å². The van der Waals surface area contributed by atoms with E-state index in [9.17, 15) is 4.79 Å². The predicted molar refractivity (Wildman–Crippen MR) is 52.0 cm³/mol. The standard InChI is InChI=1S/C10H11O2.CH3.W/c1-2-12-10(11)8-9-6-4-3-5-7-9;;/h3-4,6-7H,2,8H2,1H3;1H3;/q2*-1;+2. The van der Waals surface area contributed by atoms with E-state index in [1.54, 1.807) is 19.1 Å². The largest absolute Gasteiger partial charge is 2.00 e. The summed E-state index contributed by atoms with van der Waals surface area (Å²) in [5, 5.41) is 0. The van der Waals surface area contributed by atoms with Gasteiger partial charge in [-0.2, -0.15) is 30.3 Å². The fourth-order valence-electron chi connectivity index (χ4n) is 0.919. The van der Waals surface area contributed by atoms with Crippen LogP contribution in [0.15, 0.2) is 24.3 Å². The summed E-state index contributed by atoms with van der Waals surface area (Å²) in [5.41, 5.74) is 0.941. The summed E-state index contributed by atoms with van der Waals surface area (Å²) in [6.45, 7) is 2.24. The third-order valence-corrected chi connectivity index (χ3v) is 1.43. The Balaban J connectivity index is 0. The maximum Gasteiger partial charge on any atom is 2.00 e. The maximum absolute atomic E-state index is 11.0. The van der Waals surface area contributed by atoms with Crippen LogP contribution in [0.2, 0.25) is 0 Å². The average molecular weight is 362 g/mol. The van der Waals surface area contributed by atoms with Gasteiger partial charge in [-0.1, -0.05) is 0 Å². The Morgan fingerprint density at radius 3 is 2.79 bits per heavy atom. The number of benzene rings is 1. The fourth-order valence-corrected chi connectivity index (χ4v) is 0.919. The molecule has 0 saturated heterocycles.